The number of quaternary nitrogens is 1. The van der Waals surface area contributed by atoms with E-state index in [2.05, 4.69) is 11.1 Å². The van der Waals surface area contributed by atoms with Crippen molar-refractivity contribution in [3.8, 4) is 16.9 Å². The summed E-state index contributed by atoms with van der Waals surface area (Å²) < 4.78 is 24.0. The molecule has 0 aliphatic carbocycles. The summed E-state index contributed by atoms with van der Waals surface area (Å²) in [5.74, 6) is -0.570. The molecule has 0 aliphatic rings. The van der Waals surface area contributed by atoms with Gasteiger partial charge in [0.1, 0.15) is 23.4 Å². The van der Waals surface area contributed by atoms with Crippen molar-refractivity contribution in [2.24, 2.45) is 0 Å². The lowest BCUT2D eigenvalue weighted by molar-refractivity contribution is -0.398. The fourth-order valence-electron chi connectivity index (χ4n) is 3.14. The van der Waals surface area contributed by atoms with Crippen molar-refractivity contribution in [1.29, 1.82) is 0 Å². The molecule has 168 valence electrons. The minimum absolute atomic E-state index is 0.0860. The summed E-state index contributed by atoms with van der Waals surface area (Å²) in [5.41, 5.74) is 4.57. The molecule has 4 N–H and O–H groups in total. The van der Waals surface area contributed by atoms with E-state index in [-0.39, 0.29) is 41.3 Å². The first kappa shape index (κ1) is 23.1. The van der Waals surface area contributed by atoms with Gasteiger partial charge in [-0.3, -0.25) is 14.4 Å². The number of carbonyl (C=O) groups is 2. The molecule has 0 unspecified atom stereocenters. The van der Waals surface area contributed by atoms with Crippen molar-refractivity contribution in [3.05, 3.63) is 64.8 Å². The van der Waals surface area contributed by atoms with E-state index in [0.717, 1.165) is 12.8 Å². The van der Waals surface area contributed by atoms with Crippen molar-refractivity contribution >= 4 is 22.8 Å². The van der Waals surface area contributed by atoms with Crippen molar-refractivity contribution in [1.82, 2.24) is 5.32 Å². The van der Waals surface area contributed by atoms with E-state index < -0.39 is 0 Å². The molecule has 3 rings (SSSR count). The quantitative estimate of drug-likeness (QED) is 0.301. The molecule has 2 aromatic carbocycles. The zero-order chi connectivity index (χ0) is 23.1. The first-order valence-electron chi connectivity index (χ1n) is 10.5. The maximum absolute atomic E-state index is 13.1. The van der Waals surface area contributed by atoms with Gasteiger partial charge in [0.05, 0.1) is 10.9 Å². The molecule has 7 nitrogen and oxygen atoms in total. The van der Waals surface area contributed by atoms with Crippen LogP contribution >= 0.6 is 0 Å². The Morgan fingerprint density at radius 3 is 2.59 bits per heavy atom. The first-order chi connectivity index (χ1) is 15.3. The van der Waals surface area contributed by atoms with Crippen LogP contribution in [-0.4, -0.2) is 24.5 Å². The third kappa shape index (κ3) is 6.01. The van der Waals surface area contributed by atoms with Gasteiger partial charge in [0.25, 0.3) is 5.91 Å². The van der Waals surface area contributed by atoms with E-state index in [0.29, 0.717) is 35.1 Å². The molecular formula is C24H26FN2O5+. The van der Waals surface area contributed by atoms with Crippen molar-refractivity contribution in [3.63, 3.8) is 0 Å². The molecule has 8 heteroatoms. The maximum Gasteiger partial charge on any atom is 0.311 e. The zero-order valence-corrected chi connectivity index (χ0v) is 17.9. The number of hydrogen-bond donors (Lipinski definition) is 2. The molecule has 1 amide bonds. The number of rotatable bonds is 9. The fourth-order valence-corrected chi connectivity index (χ4v) is 3.14. The Kier molecular flexibility index (Phi) is 7.72. The summed E-state index contributed by atoms with van der Waals surface area (Å²) in [6.45, 7) is 2.28. The van der Waals surface area contributed by atoms with Gasteiger partial charge in [0, 0.05) is 19.0 Å². The second kappa shape index (κ2) is 10.7. The Morgan fingerprint density at radius 1 is 1.12 bits per heavy atom. The standard InChI is InChI=1S/C24H25FN2O5/c1-15(26)24(30)27-12-4-2-3-5-22(28)32-18-10-11-19-21(13-18)31-14-20(23(19)29)16-6-8-17(25)9-7-16/h6-11,13-15H,2-5,12,26H2,1H3,(H,27,30)/p+1/t15-/m1/s1. The number of benzene rings is 2. The van der Waals surface area contributed by atoms with Crippen molar-refractivity contribution < 1.29 is 28.9 Å². The lowest BCUT2D eigenvalue weighted by Crippen LogP contribution is -2.65. The van der Waals surface area contributed by atoms with Gasteiger partial charge in [-0.15, -0.1) is 0 Å². The van der Waals surface area contributed by atoms with E-state index in [1.165, 1.54) is 36.6 Å². The molecule has 32 heavy (non-hydrogen) atoms. The van der Waals surface area contributed by atoms with Gasteiger partial charge in [-0.2, -0.15) is 0 Å². The van der Waals surface area contributed by atoms with Gasteiger partial charge in [0.15, 0.2) is 11.5 Å². The molecule has 1 heterocycles. The zero-order valence-electron chi connectivity index (χ0n) is 17.9. The Labute approximate surface area is 184 Å². The fraction of sp³-hybridized carbons (Fsp3) is 0.292. The van der Waals surface area contributed by atoms with Gasteiger partial charge >= 0.3 is 5.97 Å². The van der Waals surface area contributed by atoms with Crippen LogP contribution in [0.15, 0.2) is 57.9 Å². The maximum atomic E-state index is 13.1. The predicted octanol–water partition coefficient (Wildman–Crippen LogP) is 2.81. The summed E-state index contributed by atoms with van der Waals surface area (Å²) in [7, 11) is 0. The number of ether oxygens (including phenoxy) is 1. The molecule has 0 radical (unpaired) electrons. The molecular weight excluding hydrogens is 415 g/mol. The lowest BCUT2D eigenvalue weighted by atomic mass is 10.1. The second-order valence-electron chi connectivity index (χ2n) is 7.62. The lowest BCUT2D eigenvalue weighted by Gasteiger charge is -2.07. The molecule has 0 spiro atoms. The average Bonchev–Trinajstić information content (AvgIpc) is 2.77. The number of carbonyl (C=O) groups excluding carboxylic acids is 2. The smallest absolute Gasteiger partial charge is 0.311 e. The molecule has 1 aromatic heterocycles. The SMILES string of the molecule is C[C@@H]([NH3+])C(=O)NCCCCCC(=O)Oc1ccc2c(=O)c(-c3ccc(F)cc3)coc2c1. The summed E-state index contributed by atoms with van der Waals surface area (Å²) in [4.78, 5) is 36.3. The summed E-state index contributed by atoms with van der Waals surface area (Å²) in [6.07, 6.45) is 3.74. The Morgan fingerprint density at radius 2 is 1.88 bits per heavy atom. The van der Waals surface area contributed by atoms with E-state index in [4.69, 9.17) is 9.15 Å². The Hall–Kier alpha value is -3.52. The van der Waals surface area contributed by atoms with Gasteiger partial charge in [0.2, 0.25) is 0 Å². The normalized spacial score (nSPS) is 11.8. The van der Waals surface area contributed by atoms with Gasteiger partial charge in [-0.25, -0.2) is 4.39 Å². The number of amides is 1. The topological polar surface area (TPSA) is 113 Å². The highest BCUT2D eigenvalue weighted by Crippen LogP contribution is 2.23. The highest BCUT2D eigenvalue weighted by Gasteiger charge is 2.12. The minimum atomic E-state index is -0.388. The van der Waals surface area contributed by atoms with Crippen LogP contribution in [0.4, 0.5) is 4.39 Å². The van der Waals surface area contributed by atoms with Crippen LogP contribution in [0, 0.1) is 5.82 Å². The van der Waals surface area contributed by atoms with E-state index in [1.54, 1.807) is 19.1 Å². The number of esters is 1. The molecule has 1 atom stereocenters. The molecule has 3 aromatic rings. The summed E-state index contributed by atoms with van der Waals surface area (Å²) in [5, 5.41) is 3.12. The molecule has 0 saturated heterocycles. The number of nitrogens with one attached hydrogen (secondary N) is 1. The predicted molar refractivity (Wildman–Crippen MR) is 117 cm³/mol. The molecule has 0 aliphatic heterocycles. The van der Waals surface area contributed by atoms with Crippen LogP contribution in [0.2, 0.25) is 0 Å². The monoisotopic (exact) mass is 441 g/mol. The van der Waals surface area contributed by atoms with Crippen molar-refractivity contribution in [2.75, 3.05) is 6.54 Å². The van der Waals surface area contributed by atoms with E-state index in [1.807, 2.05) is 0 Å². The van der Waals surface area contributed by atoms with Gasteiger partial charge in [-0.1, -0.05) is 18.6 Å². The van der Waals surface area contributed by atoms with E-state index in [9.17, 15) is 18.8 Å². The van der Waals surface area contributed by atoms with Crippen LogP contribution in [0.1, 0.15) is 32.6 Å². The molecule has 0 bridgehead atoms. The highest BCUT2D eigenvalue weighted by atomic mass is 19.1. The largest absolute Gasteiger partial charge is 0.463 e. The number of unbranched alkanes of at least 4 members (excludes halogenated alkanes) is 2. The minimum Gasteiger partial charge on any atom is -0.463 e. The Balaban J connectivity index is 1.55. The molecule has 0 saturated carbocycles. The molecule has 0 fully saturated rings. The van der Waals surface area contributed by atoms with Crippen LogP contribution in [-0.2, 0) is 9.59 Å². The van der Waals surface area contributed by atoms with E-state index >= 15 is 0 Å². The summed E-state index contributed by atoms with van der Waals surface area (Å²) >= 11 is 0. The van der Waals surface area contributed by atoms with Crippen LogP contribution < -0.4 is 21.2 Å². The third-order valence-corrected chi connectivity index (χ3v) is 4.94. The van der Waals surface area contributed by atoms with Crippen LogP contribution in [0.25, 0.3) is 22.1 Å². The van der Waals surface area contributed by atoms with Crippen molar-refractivity contribution in [2.45, 2.75) is 38.6 Å². The van der Waals surface area contributed by atoms with Crippen LogP contribution in [0.5, 0.6) is 5.75 Å². The second-order valence-corrected chi connectivity index (χ2v) is 7.62. The number of halogens is 1. The first-order valence-corrected chi connectivity index (χ1v) is 10.5. The highest BCUT2D eigenvalue weighted by molar-refractivity contribution is 5.83. The summed E-state index contributed by atoms with van der Waals surface area (Å²) in [6, 6.07) is 9.88. The average molecular weight is 441 g/mol. The third-order valence-electron chi connectivity index (χ3n) is 4.94. The van der Waals surface area contributed by atoms with Gasteiger partial charge in [-0.05, 0) is 49.6 Å². The van der Waals surface area contributed by atoms with Crippen LogP contribution in [0.3, 0.4) is 0 Å². The number of hydrogen-bond acceptors (Lipinski definition) is 5. The van der Waals surface area contributed by atoms with Gasteiger partial charge < -0.3 is 20.2 Å². The Bertz CT molecular complexity index is 1160. The number of fused-ring (bicyclic) bond motifs is 1.